The molecule has 4 amide bonds. The van der Waals surface area contributed by atoms with E-state index in [-0.39, 0.29) is 45.2 Å². The van der Waals surface area contributed by atoms with E-state index in [0.717, 1.165) is 0 Å². The Labute approximate surface area is 275 Å². The quantitative estimate of drug-likeness (QED) is 0.0585. The van der Waals surface area contributed by atoms with Crippen molar-refractivity contribution in [2.75, 3.05) is 59.3 Å². The van der Waals surface area contributed by atoms with E-state index in [0.29, 0.717) is 37.7 Å². The molecular formula is C30H48N4O11S. The molecule has 260 valence electrons. The van der Waals surface area contributed by atoms with Crippen molar-refractivity contribution in [1.29, 1.82) is 0 Å². The van der Waals surface area contributed by atoms with Gasteiger partial charge in [-0.2, -0.15) is 0 Å². The molecule has 0 aliphatic heterocycles. The molecule has 0 radical (unpaired) electrons. The summed E-state index contributed by atoms with van der Waals surface area (Å²) in [5.74, 6) is -1.91. The molecule has 0 aliphatic carbocycles. The fourth-order valence-electron chi connectivity index (χ4n) is 3.36. The van der Waals surface area contributed by atoms with Crippen LogP contribution < -0.4 is 25.4 Å². The van der Waals surface area contributed by atoms with Crippen LogP contribution in [0.1, 0.15) is 58.3 Å². The Balaban J connectivity index is 2.28. The van der Waals surface area contributed by atoms with Gasteiger partial charge in [0.05, 0.1) is 46.1 Å². The second-order valence-electron chi connectivity index (χ2n) is 11.7. The molecular weight excluding hydrogens is 624 g/mol. The van der Waals surface area contributed by atoms with Crippen LogP contribution in [-0.2, 0) is 38.1 Å². The molecule has 1 atom stereocenters. The van der Waals surface area contributed by atoms with E-state index in [2.05, 4.69) is 33.5 Å². The Kier molecular flexibility index (Phi) is 18.7. The maximum Gasteiger partial charge on any atom is 0.408 e. The highest BCUT2D eigenvalue weighted by molar-refractivity contribution is 7.78. The van der Waals surface area contributed by atoms with Gasteiger partial charge in [0.2, 0.25) is 0 Å². The molecule has 4 N–H and O–H groups in total. The van der Waals surface area contributed by atoms with Crippen LogP contribution in [0.2, 0.25) is 0 Å². The fraction of sp³-hybridized carbons (Fsp3) is 0.633. The summed E-state index contributed by atoms with van der Waals surface area (Å²) in [4.78, 5) is 61.2. The normalized spacial score (nSPS) is 12.0. The number of hydrogen-bond acceptors (Lipinski definition) is 12. The van der Waals surface area contributed by atoms with Crippen molar-refractivity contribution >= 4 is 42.6 Å². The summed E-state index contributed by atoms with van der Waals surface area (Å²) in [6, 6.07) is 5.09. The summed E-state index contributed by atoms with van der Waals surface area (Å²) in [6.45, 7) is 12.0. The van der Waals surface area contributed by atoms with Crippen molar-refractivity contribution in [3.8, 4) is 5.75 Å². The lowest BCUT2D eigenvalue weighted by Crippen LogP contribution is -2.56. The maximum absolute atomic E-state index is 12.7. The van der Waals surface area contributed by atoms with Crippen molar-refractivity contribution in [1.82, 2.24) is 20.7 Å². The zero-order valence-corrected chi connectivity index (χ0v) is 28.3. The number of benzene rings is 1. The highest BCUT2D eigenvalue weighted by Gasteiger charge is 2.30. The first kappa shape index (κ1) is 40.4. The molecule has 46 heavy (non-hydrogen) atoms. The van der Waals surface area contributed by atoms with Gasteiger partial charge in [-0.1, -0.05) is 18.9 Å². The van der Waals surface area contributed by atoms with Crippen LogP contribution >= 0.6 is 12.8 Å². The minimum Gasteiger partial charge on any atom is -0.491 e. The molecule has 0 aliphatic rings. The van der Waals surface area contributed by atoms with Crippen LogP contribution in [-0.4, -0.2) is 106 Å². The van der Waals surface area contributed by atoms with Crippen molar-refractivity contribution in [3.63, 3.8) is 0 Å². The number of amides is 4. The number of nitrogens with one attached hydrogen (secondary N) is 4. The van der Waals surface area contributed by atoms with Gasteiger partial charge in [0, 0.05) is 18.7 Å². The van der Waals surface area contributed by atoms with Crippen molar-refractivity contribution < 1.29 is 52.4 Å². The number of hydrogen-bond donors (Lipinski definition) is 5. The predicted octanol–water partition coefficient (Wildman–Crippen LogP) is 1.55. The van der Waals surface area contributed by atoms with Crippen LogP contribution in [0.15, 0.2) is 24.3 Å². The van der Waals surface area contributed by atoms with Gasteiger partial charge in [-0.3, -0.25) is 23.9 Å². The summed E-state index contributed by atoms with van der Waals surface area (Å²) >= 11 is 3.74. The molecule has 0 spiro atoms. The third kappa shape index (κ3) is 19.7. The molecule has 15 nitrogen and oxygen atoms in total. The first-order valence-corrected chi connectivity index (χ1v) is 15.2. The van der Waals surface area contributed by atoms with Gasteiger partial charge in [-0.25, -0.2) is 4.79 Å². The fourth-order valence-corrected chi connectivity index (χ4v) is 3.49. The van der Waals surface area contributed by atoms with Crippen molar-refractivity contribution in [2.45, 2.75) is 65.2 Å². The molecule has 1 aromatic carbocycles. The first-order valence-electron chi connectivity index (χ1n) is 14.8. The van der Waals surface area contributed by atoms with Crippen molar-refractivity contribution in [3.05, 3.63) is 29.8 Å². The summed E-state index contributed by atoms with van der Waals surface area (Å²) < 4.78 is 34.5. The smallest absolute Gasteiger partial charge is 0.408 e. The summed E-state index contributed by atoms with van der Waals surface area (Å²) in [7, 11) is 0. The van der Waals surface area contributed by atoms with E-state index in [4.69, 9.17) is 28.4 Å². The largest absolute Gasteiger partial charge is 0.491 e. The second-order valence-corrected chi connectivity index (χ2v) is 11.9. The zero-order valence-electron chi connectivity index (χ0n) is 27.4. The number of rotatable bonds is 20. The van der Waals surface area contributed by atoms with E-state index in [1.54, 1.807) is 65.8 Å². The molecule has 16 heteroatoms. The Morgan fingerprint density at radius 2 is 1.28 bits per heavy atom. The van der Waals surface area contributed by atoms with Gasteiger partial charge in [0.1, 0.15) is 23.6 Å². The molecule has 0 heterocycles. The zero-order chi connectivity index (χ0) is 34.6. The summed E-state index contributed by atoms with van der Waals surface area (Å²) in [6.07, 6.45) is -1.07. The highest BCUT2D eigenvalue weighted by atomic mass is 32.1. The van der Waals surface area contributed by atoms with Crippen LogP contribution in [0.4, 0.5) is 4.79 Å². The lowest BCUT2D eigenvalue weighted by atomic mass is 10.2. The van der Waals surface area contributed by atoms with Crippen LogP contribution in [0.5, 0.6) is 5.75 Å². The predicted molar refractivity (Wildman–Crippen MR) is 170 cm³/mol. The maximum atomic E-state index is 12.7. The molecule has 0 fully saturated rings. The highest BCUT2D eigenvalue weighted by Crippen LogP contribution is 2.13. The number of alkyl carbamates (subject to hydrolysis) is 1. The molecule has 0 bridgehead atoms. The SMILES string of the molecule is CC(C)(C)OC(=O)CCNC(=O)[C@H](NC(=O)OC(C)(C)C)C(=O)NCCOCCOCCOCCOc1cccc(C(=O)NS)c1. The molecule has 0 saturated carbocycles. The van der Waals surface area contributed by atoms with Gasteiger partial charge in [0.25, 0.3) is 17.7 Å². The molecule has 0 unspecified atom stereocenters. The van der Waals surface area contributed by atoms with E-state index >= 15 is 0 Å². The van der Waals surface area contributed by atoms with Gasteiger partial charge in [-0.15, -0.1) is 0 Å². The standard InChI is InChI=1S/C30H48N4O11S/c1-29(2,3)44-23(35)10-11-31-26(37)24(33-28(39)45-30(4,5)6)27(38)32-12-13-40-14-15-41-16-17-42-18-19-43-22-9-7-8-21(20-22)25(36)34-46/h7-9,20,24,46H,10-19H2,1-6H3,(H,31,37)(H,32,38)(H,33,39)(H,34,36)/t24-/m0/s1. The molecule has 0 aromatic heterocycles. The lowest BCUT2D eigenvalue weighted by Gasteiger charge is -2.23. The molecule has 1 aromatic rings. The van der Waals surface area contributed by atoms with E-state index in [1.165, 1.54) is 0 Å². The van der Waals surface area contributed by atoms with E-state index in [9.17, 15) is 24.0 Å². The average Bonchev–Trinajstić information content (AvgIpc) is 2.95. The van der Waals surface area contributed by atoms with Gasteiger partial charge in [0.15, 0.2) is 6.04 Å². The lowest BCUT2D eigenvalue weighted by molar-refractivity contribution is -0.154. The van der Waals surface area contributed by atoms with Gasteiger partial charge >= 0.3 is 12.1 Å². The Hall–Kier alpha value is -3.60. The average molecular weight is 673 g/mol. The minimum atomic E-state index is -1.60. The molecule has 0 saturated heterocycles. The Morgan fingerprint density at radius 1 is 0.739 bits per heavy atom. The van der Waals surface area contributed by atoms with Crippen LogP contribution in [0.25, 0.3) is 0 Å². The van der Waals surface area contributed by atoms with Crippen LogP contribution in [0.3, 0.4) is 0 Å². The third-order valence-electron chi connectivity index (χ3n) is 5.22. The molecule has 1 rings (SSSR count). The Bertz CT molecular complexity index is 1120. The van der Waals surface area contributed by atoms with Gasteiger partial charge < -0.3 is 44.4 Å². The van der Waals surface area contributed by atoms with E-state index in [1.807, 2.05) is 0 Å². The summed E-state index contributed by atoms with van der Waals surface area (Å²) in [5, 5.41) is 7.25. The van der Waals surface area contributed by atoms with E-state index < -0.39 is 41.1 Å². The number of ether oxygens (including phenoxy) is 6. The topological polar surface area (TPSA) is 189 Å². The first-order chi connectivity index (χ1) is 21.6. The number of carbonyl (C=O) groups excluding carboxylic acids is 5. The number of thiol groups is 1. The number of carbonyl (C=O) groups is 5. The summed E-state index contributed by atoms with van der Waals surface area (Å²) in [5.41, 5.74) is -1.10. The second kappa shape index (κ2) is 21.2. The minimum absolute atomic E-state index is 0.0574. The van der Waals surface area contributed by atoms with Crippen molar-refractivity contribution in [2.24, 2.45) is 0 Å². The Morgan fingerprint density at radius 3 is 1.85 bits per heavy atom. The van der Waals surface area contributed by atoms with Gasteiger partial charge in [-0.05, 0) is 59.7 Å². The monoisotopic (exact) mass is 672 g/mol. The third-order valence-corrected chi connectivity index (χ3v) is 5.42. The number of esters is 1. The van der Waals surface area contributed by atoms with Crippen LogP contribution in [0, 0.1) is 0 Å².